The number of nitrogens with one attached hydrogen (secondary N) is 2. The number of fused-ring (bicyclic) bond motifs is 1. The summed E-state index contributed by atoms with van der Waals surface area (Å²) in [5.74, 6) is -0.160. The molecule has 1 aromatic rings. The Bertz CT molecular complexity index is 641. The first-order valence-electron chi connectivity index (χ1n) is 8.26. The average molecular weight is 316 g/mol. The molecule has 3 rings (SSSR count). The van der Waals surface area contributed by atoms with E-state index in [-0.39, 0.29) is 23.1 Å². The van der Waals surface area contributed by atoms with E-state index in [4.69, 9.17) is 0 Å². The van der Waals surface area contributed by atoms with Gasteiger partial charge in [-0.05, 0) is 48.4 Å². The molecule has 1 fully saturated rings. The van der Waals surface area contributed by atoms with E-state index in [1.807, 2.05) is 32.0 Å². The third-order valence-corrected chi connectivity index (χ3v) is 5.07. The van der Waals surface area contributed by atoms with Crippen LogP contribution in [0.1, 0.15) is 48.2 Å². The van der Waals surface area contributed by atoms with Gasteiger partial charge in [0, 0.05) is 23.9 Å². The number of carbonyl (C=O) groups is 2. The summed E-state index contributed by atoms with van der Waals surface area (Å²) >= 11 is 0. The number of amides is 2. The molecule has 124 valence electrons. The smallest absolute Gasteiger partial charge is 0.253 e. The molecule has 1 aliphatic heterocycles. The van der Waals surface area contributed by atoms with Crippen LogP contribution < -0.4 is 10.6 Å². The molecule has 5 nitrogen and oxygen atoms in total. The first-order chi connectivity index (χ1) is 10.9. The summed E-state index contributed by atoms with van der Waals surface area (Å²) in [6.07, 6.45) is 2.52. The van der Waals surface area contributed by atoms with E-state index in [0.29, 0.717) is 12.0 Å². The molecule has 0 aromatic heterocycles. The standard InChI is InChI=1S/C18H24N2O3/c1-11(2)16(22)20-17(23)13-4-3-12-5-6-18(8-14(12)7-13)9-15(21)19-10-18/h3-4,7,11,16,22H,5-6,8-10H2,1-2H3,(H,19,21)(H,20,23)/t16-,18?/m0/s1. The maximum Gasteiger partial charge on any atom is 0.253 e. The van der Waals surface area contributed by atoms with Gasteiger partial charge in [0.05, 0.1) is 0 Å². The third kappa shape index (κ3) is 3.24. The van der Waals surface area contributed by atoms with Gasteiger partial charge in [-0.1, -0.05) is 19.9 Å². The lowest BCUT2D eigenvalue weighted by atomic mass is 9.71. The minimum atomic E-state index is -0.846. The van der Waals surface area contributed by atoms with Gasteiger partial charge in [-0.25, -0.2) is 0 Å². The molecule has 2 aliphatic rings. The number of hydrogen-bond donors (Lipinski definition) is 3. The Kier molecular flexibility index (Phi) is 4.15. The monoisotopic (exact) mass is 316 g/mol. The van der Waals surface area contributed by atoms with Gasteiger partial charge in [0.1, 0.15) is 6.23 Å². The van der Waals surface area contributed by atoms with Crippen LogP contribution in [0.25, 0.3) is 0 Å². The van der Waals surface area contributed by atoms with E-state index in [0.717, 1.165) is 31.4 Å². The second kappa shape index (κ2) is 5.96. The summed E-state index contributed by atoms with van der Waals surface area (Å²) in [6, 6.07) is 5.74. The highest BCUT2D eigenvalue weighted by atomic mass is 16.3. The highest BCUT2D eigenvalue weighted by Gasteiger charge is 2.40. The van der Waals surface area contributed by atoms with Crippen LogP contribution in [0.3, 0.4) is 0 Å². The van der Waals surface area contributed by atoms with Crippen molar-refractivity contribution in [1.29, 1.82) is 0 Å². The zero-order valence-corrected chi connectivity index (χ0v) is 13.7. The quantitative estimate of drug-likeness (QED) is 0.737. The number of aryl methyl sites for hydroxylation is 1. The van der Waals surface area contributed by atoms with Gasteiger partial charge in [-0.3, -0.25) is 9.59 Å². The molecular formula is C18H24N2O3. The van der Waals surface area contributed by atoms with Crippen molar-refractivity contribution in [2.24, 2.45) is 11.3 Å². The molecule has 2 amide bonds. The van der Waals surface area contributed by atoms with Gasteiger partial charge in [-0.15, -0.1) is 0 Å². The zero-order chi connectivity index (χ0) is 16.6. The lowest BCUT2D eigenvalue weighted by Crippen LogP contribution is -2.38. The molecule has 0 bridgehead atoms. The molecule has 1 unspecified atom stereocenters. The summed E-state index contributed by atoms with van der Waals surface area (Å²) in [6.45, 7) is 4.44. The topological polar surface area (TPSA) is 78.4 Å². The number of aliphatic hydroxyl groups excluding tert-OH is 1. The van der Waals surface area contributed by atoms with E-state index < -0.39 is 6.23 Å². The van der Waals surface area contributed by atoms with Crippen molar-refractivity contribution in [2.45, 2.75) is 45.8 Å². The van der Waals surface area contributed by atoms with Crippen molar-refractivity contribution in [3.63, 3.8) is 0 Å². The Morgan fingerprint density at radius 1 is 1.30 bits per heavy atom. The maximum absolute atomic E-state index is 12.3. The van der Waals surface area contributed by atoms with Crippen molar-refractivity contribution in [2.75, 3.05) is 6.54 Å². The molecule has 1 saturated heterocycles. The van der Waals surface area contributed by atoms with Gasteiger partial charge in [0.2, 0.25) is 5.91 Å². The van der Waals surface area contributed by atoms with Gasteiger partial charge in [0.25, 0.3) is 5.91 Å². The van der Waals surface area contributed by atoms with Crippen molar-refractivity contribution >= 4 is 11.8 Å². The maximum atomic E-state index is 12.3. The molecule has 1 heterocycles. The first kappa shape index (κ1) is 16.0. The Balaban J connectivity index is 1.78. The molecule has 1 spiro atoms. The van der Waals surface area contributed by atoms with Crippen LogP contribution in [0.5, 0.6) is 0 Å². The molecule has 5 heteroatoms. The van der Waals surface area contributed by atoms with E-state index in [2.05, 4.69) is 10.6 Å². The Labute approximate surface area is 136 Å². The number of aliphatic hydroxyl groups is 1. The Morgan fingerprint density at radius 2 is 2.09 bits per heavy atom. The Hall–Kier alpha value is -1.88. The second-order valence-corrected chi connectivity index (χ2v) is 7.28. The van der Waals surface area contributed by atoms with Gasteiger partial charge >= 0.3 is 0 Å². The molecule has 1 aromatic carbocycles. The highest BCUT2D eigenvalue weighted by Crippen LogP contribution is 2.40. The van der Waals surface area contributed by atoms with E-state index in [1.165, 1.54) is 5.56 Å². The van der Waals surface area contributed by atoms with Gasteiger partial charge in [0.15, 0.2) is 0 Å². The van der Waals surface area contributed by atoms with Crippen LogP contribution in [0.4, 0.5) is 0 Å². The average Bonchev–Trinajstić information content (AvgIpc) is 2.86. The predicted molar refractivity (Wildman–Crippen MR) is 86.8 cm³/mol. The zero-order valence-electron chi connectivity index (χ0n) is 13.7. The fraction of sp³-hybridized carbons (Fsp3) is 0.556. The molecule has 23 heavy (non-hydrogen) atoms. The van der Waals surface area contributed by atoms with Crippen LogP contribution in [0.2, 0.25) is 0 Å². The SMILES string of the molecule is CC(C)[C@H](O)NC(=O)c1ccc2c(c1)CC1(CC2)CNC(=O)C1. The molecule has 3 N–H and O–H groups in total. The summed E-state index contributed by atoms with van der Waals surface area (Å²) in [4.78, 5) is 23.9. The van der Waals surface area contributed by atoms with E-state index >= 15 is 0 Å². The molecule has 2 atom stereocenters. The predicted octanol–water partition coefficient (Wildman–Crippen LogP) is 1.39. The minimum Gasteiger partial charge on any atom is -0.373 e. The Morgan fingerprint density at radius 3 is 2.74 bits per heavy atom. The third-order valence-electron chi connectivity index (χ3n) is 5.07. The normalized spacial score (nSPS) is 24.4. The second-order valence-electron chi connectivity index (χ2n) is 7.28. The van der Waals surface area contributed by atoms with E-state index in [9.17, 15) is 14.7 Å². The number of benzene rings is 1. The largest absolute Gasteiger partial charge is 0.373 e. The molecule has 1 aliphatic carbocycles. The summed E-state index contributed by atoms with van der Waals surface area (Å²) in [7, 11) is 0. The van der Waals surface area contributed by atoms with Gasteiger partial charge in [-0.2, -0.15) is 0 Å². The highest BCUT2D eigenvalue weighted by molar-refractivity contribution is 5.94. The fourth-order valence-corrected chi connectivity index (χ4v) is 3.51. The first-order valence-corrected chi connectivity index (χ1v) is 8.26. The van der Waals surface area contributed by atoms with Crippen LogP contribution in [0.15, 0.2) is 18.2 Å². The lowest BCUT2D eigenvalue weighted by molar-refractivity contribution is -0.119. The van der Waals surface area contributed by atoms with Crippen molar-refractivity contribution in [1.82, 2.24) is 10.6 Å². The molecule has 0 saturated carbocycles. The minimum absolute atomic E-state index is 0.0105. The number of hydrogen-bond acceptors (Lipinski definition) is 3. The van der Waals surface area contributed by atoms with E-state index in [1.54, 1.807) is 0 Å². The lowest BCUT2D eigenvalue weighted by Gasteiger charge is -2.33. The number of rotatable bonds is 3. The number of carbonyl (C=O) groups excluding carboxylic acids is 2. The van der Waals surface area contributed by atoms with Crippen molar-refractivity contribution in [3.05, 3.63) is 34.9 Å². The molecular weight excluding hydrogens is 292 g/mol. The summed E-state index contributed by atoms with van der Waals surface area (Å²) < 4.78 is 0. The molecule has 0 radical (unpaired) electrons. The van der Waals surface area contributed by atoms with Gasteiger partial charge < -0.3 is 15.7 Å². The summed E-state index contributed by atoms with van der Waals surface area (Å²) in [5, 5.41) is 15.4. The van der Waals surface area contributed by atoms with Crippen LogP contribution in [-0.2, 0) is 17.6 Å². The van der Waals surface area contributed by atoms with Crippen LogP contribution in [0, 0.1) is 11.3 Å². The van der Waals surface area contributed by atoms with Crippen molar-refractivity contribution < 1.29 is 14.7 Å². The van der Waals surface area contributed by atoms with Crippen LogP contribution in [-0.4, -0.2) is 29.7 Å². The van der Waals surface area contributed by atoms with Crippen LogP contribution >= 0.6 is 0 Å². The van der Waals surface area contributed by atoms with Crippen molar-refractivity contribution in [3.8, 4) is 0 Å². The fourth-order valence-electron chi connectivity index (χ4n) is 3.51. The summed E-state index contributed by atoms with van der Waals surface area (Å²) in [5.41, 5.74) is 2.99.